The lowest BCUT2D eigenvalue weighted by atomic mass is 10.1. The number of methoxy groups -OCH3 is 1. The smallest absolute Gasteiger partial charge is 0.338 e. The molecule has 9 heteroatoms. The van der Waals surface area contributed by atoms with Crippen LogP contribution in [0.1, 0.15) is 15.9 Å². The Bertz CT molecular complexity index is 558. The van der Waals surface area contributed by atoms with Crippen molar-refractivity contribution in [2.45, 2.75) is 0 Å². The molecule has 0 atom stereocenters. The van der Waals surface area contributed by atoms with E-state index in [1.54, 1.807) is 0 Å². The highest BCUT2D eigenvalue weighted by molar-refractivity contribution is 7.80. The van der Waals surface area contributed by atoms with Crippen molar-refractivity contribution in [3.05, 3.63) is 39.4 Å². The summed E-state index contributed by atoms with van der Waals surface area (Å²) in [4.78, 5) is 21.5. The molecule has 0 saturated carbocycles. The van der Waals surface area contributed by atoms with E-state index in [9.17, 15) is 14.9 Å². The Balaban J connectivity index is 3.13. The molecule has 3 N–H and O–H groups in total. The fraction of sp³-hybridized carbons (Fsp3) is 0.100. The van der Waals surface area contributed by atoms with Crippen molar-refractivity contribution >= 4 is 35.2 Å². The summed E-state index contributed by atoms with van der Waals surface area (Å²) in [7, 11) is 1.18. The van der Waals surface area contributed by atoms with Gasteiger partial charge in [-0.05, 0) is 18.3 Å². The average molecular weight is 282 g/mol. The first-order valence-corrected chi connectivity index (χ1v) is 5.31. The van der Waals surface area contributed by atoms with Gasteiger partial charge in [0.25, 0.3) is 5.69 Å². The third-order valence-corrected chi connectivity index (χ3v) is 2.05. The van der Waals surface area contributed by atoms with Gasteiger partial charge in [0.2, 0.25) is 0 Å². The van der Waals surface area contributed by atoms with Crippen LogP contribution in [-0.4, -0.2) is 29.3 Å². The number of ether oxygens (including phenoxy) is 1. The first-order valence-electron chi connectivity index (χ1n) is 4.90. The number of nitro benzene ring substituents is 1. The maximum absolute atomic E-state index is 11.4. The number of hydrogen-bond donors (Lipinski definition) is 2. The summed E-state index contributed by atoms with van der Waals surface area (Å²) in [5.74, 6) is -0.680. The minimum Gasteiger partial charge on any atom is -0.465 e. The maximum Gasteiger partial charge on any atom is 0.338 e. The van der Waals surface area contributed by atoms with E-state index in [4.69, 9.17) is 5.73 Å². The third kappa shape index (κ3) is 4.32. The summed E-state index contributed by atoms with van der Waals surface area (Å²) >= 11 is 4.53. The van der Waals surface area contributed by atoms with E-state index in [1.165, 1.54) is 25.5 Å². The largest absolute Gasteiger partial charge is 0.465 e. The Labute approximate surface area is 113 Å². The van der Waals surface area contributed by atoms with Crippen LogP contribution >= 0.6 is 12.2 Å². The second-order valence-corrected chi connectivity index (χ2v) is 3.74. The van der Waals surface area contributed by atoms with E-state index in [0.717, 1.165) is 6.07 Å². The van der Waals surface area contributed by atoms with Crippen LogP contribution in [0.2, 0.25) is 0 Å². The fourth-order valence-electron chi connectivity index (χ4n) is 1.22. The normalized spacial score (nSPS) is 10.2. The molecule has 0 amide bonds. The molecule has 0 aliphatic heterocycles. The summed E-state index contributed by atoms with van der Waals surface area (Å²) in [5.41, 5.74) is 7.59. The molecule has 0 aliphatic carbocycles. The highest BCUT2D eigenvalue weighted by Crippen LogP contribution is 2.17. The third-order valence-electron chi connectivity index (χ3n) is 1.96. The minimum atomic E-state index is -0.680. The van der Waals surface area contributed by atoms with Gasteiger partial charge in [-0.1, -0.05) is 0 Å². The number of non-ortho nitro benzene ring substituents is 1. The monoisotopic (exact) mass is 282 g/mol. The van der Waals surface area contributed by atoms with E-state index in [2.05, 4.69) is 27.5 Å². The van der Waals surface area contributed by atoms with E-state index >= 15 is 0 Å². The van der Waals surface area contributed by atoms with Crippen LogP contribution in [0.15, 0.2) is 23.3 Å². The van der Waals surface area contributed by atoms with Crippen LogP contribution < -0.4 is 11.2 Å². The van der Waals surface area contributed by atoms with Crippen LogP contribution in [-0.2, 0) is 4.74 Å². The number of carbonyl (C=O) groups is 1. The van der Waals surface area contributed by atoms with Gasteiger partial charge in [0.1, 0.15) is 0 Å². The Morgan fingerprint density at radius 3 is 2.79 bits per heavy atom. The zero-order valence-electron chi connectivity index (χ0n) is 9.82. The van der Waals surface area contributed by atoms with Gasteiger partial charge in [-0.2, -0.15) is 5.10 Å². The number of hydrazone groups is 1. The Kier molecular flexibility index (Phi) is 4.89. The number of carbonyl (C=O) groups excluding carboxylic acids is 1. The van der Waals surface area contributed by atoms with Gasteiger partial charge in [-0.25, -0.2) is 4.79 Å². The van der Waals surface area contributed by atoms with Crippen LogP contribution in [0.25, 0.3) is 0 Å². The molecule has 1 rings (SSSR count). The number of nitro groups is 1. The molecule has 0 unspecified atom stereocenters. The van der Waals surface area contributed by atoms with Crippen molar-refractivity contribution < 1.29 is 14.5 Å². The molecule has 0 spiro atoms. The highest BCUT2D eigenvalue weighted by Gasteiger charge is 2.14. The SMILES string of the molecule is COC(=O)c1cc(C=NNC(N)=S)cc([N+](=O)[O-])c1. The second kappa shape index (κ2) is 6.40. The van der Waals surface area contributed by atoms with Crippen LogP contribution in [0.3, 0.4) is 0 Å². The zero-order valence-corrected chi connectivity index (χ0v) is 10.6. The molecular formula is C10H10N4O4S. The van der Waals surface area contributed by atoms with Crippen molar-refractivity contribution in [1.29, 1.82) is 0 Å². The number of thiocarbonyl (C=S) groups is 1. The Morgan fingerprint density at radius 1 is 1.58 bits per heavy atom. The molecule has 0 fully saturated rings. The Hall–Kier alpha value is -2.55. The van der Waals surface area contributed by atoms with Gasteiger partial charge in [-0.15, -0.1) is 0 Å². The predicted molar refractivity (Wildman–Crippen MR) is 72.0 cm³/mol. The number of nitrogens with zero attached hydrogens (tertiary/aromatic N) is 2. The van der Waals surface area contributed by atoms with Crippen LogP contribution in [0.5, 0.6) is 0 Å². The van der Waals surface area contributed by atoms with Crippen molar-refractivity contribution in [3.63, 3.8) is 0 Å². The first-order chi connectivity index (χ1) is 8.93. The molecule has 0 radical (unpaired) electrons. The predicted octanol–water partition coefficient (Wildman–Crippen LogP) is 0.549. The zero-order chi connectivity index (χ0) is 14.4. The average Bonchev–Trinajstić information content (AvgIpc) is 2.37. The lowest BCUT2D eigenvalue weighted by Crippen LogP contribution is -2.24. The van der Waals surface area contributed by atoms with Crippen LogP contribution in [0.4, 0.5) is 5.69 Å². The van der Waals surface area contributed by atoms with Crippen molar-refractivity contribution in [2.24, 2.45) is 10.8 Å². The maximum atomic E-state index is 11.4. The number of nitrogens with one attached hydrogen (secondary N) is 1. The second-order valence-electron chi connectivity index (χ2n) is 3.30. The van der Waals surface area contributed by atoms with E-state index in [0.29, 0.717) is 5.56 Å². The van der Waals surface area contributed by atoms with Gasteiger partial charge in [-0.3, -0.25) is 15.5 Å². The molecule has 0 aromatic heterocycles. The summed E-state index contributed by atoms with van der Waals surface area (Å²) in [6.07, 6.45) is 1.25. The molecular weight excluding hydrogens is 272 g/mol. The number of benzene rings is 1. The molecule has 1 aromatic carbocycles. The summed E-state index contributed by atoms with van der Waals surface area (Å²) < 4.78 is 4.51. The van der Waals surface area contributed by atoms with Crippen molar-refractivity contribution in [1.82, 2.24) is 5.43 Å². The quantitative estimate of drug-likeness (QED) is 0.272. The lowest BCUT2D eigenvalue weighted by molar-refractivity contribution is -0.384. The molecule has 0 aliphatic rings. The summed E-state index contributed by atoms with van der Waals surface area (Å²) in [5, 5.41) is 14.4. The molecule has 0 saturated heterocycles. The van der Waals surface area contributed by atoms with E-state index < -0.39 is 10.9 Å². The Morgan fingerprint density at radius 2 is 2.26 bits per heavy atom. The topological polar surface area (TPSA) is 120 Å². The number of esters is 1. The van der Waals surface area contributed by atoms with E-state index in [-0.39, 0.29) is 16.4 Å². The molecule has 100 valence electrons. The molecule has 1 aromatic rings. The number of nitrogens with two attached hydrogens (primary N) is 1. The fourth-order valence-corrected chi connectivity index (χ4v) is 1.27. The molecule has 8 nitrogen and oxygen atoms in total. The molecule has 0 bridgehead atoms. The summed E-state index contributed by atoms with van der Waals surface area (Å²) in [6, 6.07) is 3.75. The van der Waals surface area contributed by atoms with Crippen molar-refractivity contribution in [2.75, 3.05) is 7.11 Å². The first kappa shape index (κ1) is 14.5. The minimum absolute atomic E-state index is 0.0464. The standard InChI is InChI=1S/C10H10N4O4S/c1-18-9(15)7-2-6(5-12-13-10(11)19)3-8(4-7)14(16)17/h2-5H,1H3,(H3,11,13,19). The number of rotatable bonds is 4. The highest BCUT2D eigenvalue weighted by atomic mass is 32.1. The van der Waals surface area contributed by atoms with Crippen molar-refractivity contribution in [3.8, 4) is 0 Å². The number of hydrogen-bond acceptors (Lipinski definition) is 6. The van der Waals surface area contributed by atoms with E-state index in [1.807, 2.05) is 0 Å². The van der Waals surface area contributed by atoms with Gasteiger partial charge in [0.15, 0.2) is 5.11 Å². The molecule has 0 heterocycles. The van der Waals surface area contributed by atoms with Gasteiger partial charge in [0.05, 0.1) is 23.8 Å². The van der Waals surface area contributed by atoms with Gasteiger partial charge >= 0.3 is 5.97 Å². The lowest BCUT2D eigenvalue weighted by Gasteiger charge is -2.01. The van der Waals surface area contributed by atoms with Gasteiger partial charge in [0, 0.05) is 17.7 Å². The van der Waals surface area contributed by atoms with Gasteiger partial charge < -0.3 is 10.5 Å². The summed E-state index contributed by atoms with van der Waals surface area (Å²) in [6.45, 7) is 0. The molecule has 19 heavy (non-hydrogen) atoms. The van der Waals surface area contributed by atoms with Crippen LogP contribution in [0, 0.1) is 10.1 Å².